The fourth-order valence-corrected chi connectivity index (χ4v) is 3.10. The van der Waals surface area contributed by atoms with E-state index in [1.54, 1.807) is 4.90 Å². The highest BCUT2D eigenvalue weighted by atomic mass is 16.6. The topological polar surface area (TPSA) is 73.9 Å². The number of nitrogens with one attached hydrogen (secondary N) is 2. The largest absolute Gasteiger partial charge is 0.444 e. The Bertz CT molecular complexity index is 672. The van der Waals surface area contributed by atoms with E-state index in [2.05, 4.69) is 27.7 Å². The number of carbonyl (C=O) groups is 2. The quantitative estimate of drug-likeness (QED) is 0.813. The normalized spacial score (nSPS) is 17.9. The lowest BCUT2D eigenvalue weighted by molar-refractivity contribution is 0.0146. The SMILES string of the molecule is CC(C)(C)OC(=O)N1CCN(CCc2ccc(NC(=O)NC3CC3)cc2)CC1. The fourth-order valence-electron chi connectivity index (χ4n) is 3.10. The van der Waals surface area contributed by atoms with Crippen molar-refractivity contribution in [2.45, 2.75) is 51.7 Å². The Morgan fingerprint density at radius 3 is 2.29 bits per heavy atom. The van der Waals surface area contributed by atoms with E-state index in [1.807, 2.05) is 32.9 Å². The van der Waals surface area contributed by atoms with Crippen LogP contribution in [0.2, 0.25) is 0 Å². The van der Waals surface area contributed by atoms with Gasteiger partial charge in [-0.2, -0.15) is 0 Å². The molecule has 0 unspecified atom stereocenters. The zero-order chi connectivity index (χ0) is 20.1. The molecule has 7 heteroatoms. The molecule has 0 atom stereocenters. The smallest absolute Gasteiger partial charge is 0.410 e. The highest BCUT2D eigenvalue weighted by Crippen LogP contribution is 2.19. The Kier molecular flexibility index (Phi) is 6.44. The summed E-state index contributed by atoms with van der Waals surface area (Å²) in [5.41, 5.74) is 1.60. The Balaban J connectivity index is 1.36. The van der Waals surface area contributed by atoms with Crippen molar-refractivity contribution in [3.05, 3.63) is 29.8 Å². The molecule has 154 valence electrons. The lowest BCUT2D eigenvalue weighted by Gasteiger charge is -2.35. The van der Waals surface area contributed by atoms with Gasteiger partial charge in [0.1, 0.15) is 5.60 Å². The summed E-state index contributed by atoms with van der Waals surface area (Å²) in [5, 5.41) is 5.78. The summed E-state index contributed by atoms with van der Waals surface area (Å²) in [6.07, 6.45) is 2.89. The van der Waals surface area contributed by atoms with E-state index in [-0.39, 0.29) is 12.1 Å². The maximum absolute atomic E-state index is 12.1. The van der Waals surface area contributed by atoms with E-state index in [0.717, 1.165) is 44.6 Å². The van der Waals surface area contributed by atoms with Gasteiger partial charge in [-0.3, -0.25) is 4.90 Å². The number of carbonyl (C=O) groups excluding carboxylic acids is 2. The molecule has 0 radical (unpaired) electrons. The minimum atomic E-state index is -0.451. The van der Waals surface area contributed by atoms with Gasteiger partial charge in [0.05, 0.1) is 0 Å². The van der Waals surface area contributed by atoms with E-state index >= 15 is 0 Å². The van der Waals surface area contributed by atoms with Crippen molar-refractivity contribution in [1.82, 2.24) is 15.1 Å². The summed E-state index contributed by atoms with van der Waals surface area (Å²) >= 11 is 0. The number of urea groups is 1. The Hall–Kier alpha value is -2.28. The van der Waals surface area contributed by atoms with Crippen LogP contribution in [0.1, 0.15) is 39.2 Å². The molecule has 2 fully saturated rings. The summed E-state index contributed by atoms with van der Waals surface area (Å²) in [6, 6.07) is 8.24. The third-order valence-corrected chi connectivity index (χ3v) is 4.87. The number of hydrogen-bond acceptors (Lipinski definition) is 4. The number of anilines is 1. The van der Waals surface area contributed by atoms with Crippen LogP contribution in [0, 0.1) is 0 Å². The Morgan fingerprint density at radius 2 is 1.71 bits per heavy atom. The first-order valence-corrected chi connectivity index (χ1v) is 10.2. The Morgan fingerprint density at radius 1 is 1.07 bits per heavy atom. The highest BCUT2D eigenvalue weighted by molar-refractivity contribution is 5.89. The summed E-state index contributed by atoms with van der Waals surface area (Å²) in [5.74, 6) is 0. The van der Waals surface area contributed by atoms with Crippen molar-refractivity contribution in [3.63, 3.8) is 0 Å². The highest BCUT2D eigenvalue weighted by Gasteiger charge is 2.25. The molecule has 1 heterocycles. The van der Waals surface area contributed by atoms with Crippen molar-refractivity contribution in [3.8, 4) is 0 Å². The summed E-state index contributed by atoms with van der Waals surface area (Å²) in [4.78, 5) is 28.0. The van der Waals surface area contributed by atoms with Gasteiger partial charge in [-0.25, -0.2) is 9.59 Å². The third kappa shape index (κ3) is 6.71. The predicted octanol–water partition coefficient (Wildman–Crippen LogP) is 3.07. The van der Waals surface area contributed by atoms with Gasteiger partial charge in [0.2, 0.25) is 0 Å². The summed E-state index contributed by atoms with van der Waals surface area (Å²) < 4.78 is 5.44. The predicted molar refractivity (Wildman–Crippen MR) is 110 cm³/mol. The van der Waals surface area contributed by atoms with Gasteiger partial charge < -0.3 is 20.3 Å². The molecule has 0 aromatic heterocycles. The molecule has 0 spiro atoms. The molecule has 2 N–H and O–H groups in total. The first-order valence-electron chi connectivity index (χ1n) is 10.2. The number of amides is 3. The fraction of sp³-hybridized carbons (Fsp3) is 0.619. The second-order valence-corrected chi connectivity index (χ2v) is 8.63. The van der Waals surface area contributed by atoms with Crippen LogP contribution in [-0.2, 0) is 11.2 Å². The molecule has 2 aliphatic rings. The van der Waals surface area contributed by atoms with Crippen LogP contribution in [0.5, 0.6) is 0 Å². The molecule has 1 aliphatic heterocycles. The molecule has 1 aliphatic carbocycles. The number of ether oxygens (including phenoxy) is 1. The molecule has 1 aromatic carbocycles. The van der Waals surface area contributed by atoms with Gasteiger partial charge in [-0.1, -0.05) is 12.1 Å². The van der Waals surface area contributed by atoms with Crippen molar-refractivity contribution < 1.29 is 14.3 Å². The van der Waals surface area contributed by atoms with Gasteiger partial charge >= 0.3 is 12.1 Å². The summed E-state index contributed by atoms with van der Waals surface area (Å²) in [7, 11) is 0. The van der Waals surface area contributed by atoms with Crippen LogP contribution in [0.3, 0.4) is 0 Å². The van der Waals surface area contributed by atoms with Crippen molar-refractivity contribution in [2.75, 3.05) is 38.0 Å². The molecule has 0 bridgehead atoms. The zero-order valence-electron chi connectivity index (χ0n) is 17.2. The van der Waals surface area contributed by atoms with Gasteiger partial charge in [0.25, 0.3) is 0 Å². The van der Waals surface area contributed by atoms with Gasteiger partial charge in [0, 0.05) is 44.5 Å². The average Bonchev–Trinajstić information content (AvgIpc) is 3.44. The van der Waals surface area contributed by atoms with Crippen LogP contribution >= 0.6 is 0 Å². The lowest BCUT2D eigenvalue weighted by atomic mass is 10.1. The molecule has 1 saturated carbocycles. The molecule has 1 saturated heterocycles. The molecule has 28 heavy (non-hydrogen) atoms. The number of hydrogen-bond donors (Lipinski definition) is 2. The molecular weight excluding hydrogens is 356 g/mol. The van der Waals surface area contributed by atoms with Crippen LogP contribution in [-0.4, -0.2) is 66.3 Å². The number of piperazine rings is 1. The second-order valence-electron chi connectivity index (χ2n) is 8.63. The monoisotopic (exact) mass is 388 g/mol. The molecule has 3 rings (SSSR count). The van der Waals surface area contributed by atoms with Crippen molar-refractivity contribution >= 4 is 17.8 Å². The van der Waals surface area contributed by atoms with E-state index in [1.165, 1.54) is 5.56 Å². The molecule has 7 nitrogen and oxygen atoms in total. The molecule has 1 aromatic rings. The zero-order valence-corrected chi connectivity index (χ0v) is 17.2. The Labute approximate surface area is 167 Å². The van der Waals surface area contributed by atoms with E-state index in [4.69, 9.17) is 4.74 Å². The first kappa shape index (κ1) is 20.5. The number of nitrogens with zero attached hydrogens (tertiary/aromatic N) is 2. The number of benzene rings is 1. The summed E-state index contributed by atoms with van der Waals surface area (Å²) in [6.45, 7) is 9.75. The van der Waals surface area contributed by atoms with E-state index in [0.29, 0.717) is 19.1 Å². The lowest BCUT2D eigenvalue weighted by Crippen LogP contribution is -2.50. The van der Waals surface area contributed by atoms with Crippen LogP contribution < -0.4 is 10.6 Å². The van der Waals surface area contributed by atoms with E-state index < -0.39 is 5.60 Å². The van der Waals surface area contributed by atoms with E-state index in [9.17, 15) is 9.59 Å². The maximum Gasteiger partial charge on any atom is 0.410 e. The van der Waals surface area contributed by atoms with Gasteiger partial charge in [-0.05, 0) is 57.7 Å². The first-order chi connectivity index (χ1) is 13.3. The second kappa shape index (κ2) is 8.82. The van der Waals surface area contributed by atoms with Gasteiger partial charge in [-0.15, -0.1) is 0 Å². The third-order valence-electron chi connectivity index (χ3n) is 4.87. The standard InChI is InChI=1S/C21H32N4O3/c1-21(2,3)28-20(27)25-14-12-24(13-15-25)11-10-16-4-6-17(7-5-16)22-19(26)23-18-8-9-18/h4-7,18H,8-15H2,1-3H3,(H2,22,23,26). The minimum absolute atomic E-state index is 0.127. The maximum atomic E-state index is 12.1. The van der Waals surface area contributed by atoms with Crippen LogP contribution in [0.4, 0.5) is 15.3 Å². The van der Waals surface area contributed by atoms with Gasteiger partial charge in [0.15, 0.2) is 0 Å². The van der Waals surface area contributed by atoms with Crippen molar-refractivity contribution in [2.24, 2.45) is 0 Å². The minimum Gasteiger partial charge on any atom is -0.444 e. The van der Waals surface area contributed by atoms with Crippen LogP contribution in [0.25, 0.3) is 0 Å². The van der Waals surface area contributed by atoms with Crippen molar-refractivity contribution in [1.29, 1.82) is 0 Å². The number of rotatable bonds is 5. The average molecular weight is 389 g/mol. The van der Waals surface area contributed by atoms with Crippen LogP contribution in [0.15, 0.2) is 24.3 Å². The molecule has 3 amide bonds. The molecular formula is C21H32N4O3.